The molecule has 0 amide bonds. The fourth-order valence-electron chi connectivity index (χ4n) is 1.43. The highest BCUT2D eigenvalue weighted by Gasteiger charge is 2.07. The van der Waals surface area contributed by atoms with Crippen LogP contribution in [-0.4, -0.2) is 6.29 Å². The highest BCUT2D eigenvalue weighted by Crippen LogP contribution is 2.24. The van der Waals surface area contributed by atoms with E-state index in [-0.39, 0.29) is 0 Å². The number of rotatable bonds is 4. The normalized spacial score (nSPS) is 11.9. The first kappa shape index (κ1) is 11.8. The lowest BCUT2D eigenvalue weighted by Crippen LogP contribution is -2.19. The molecule has 2 aromatic carbocycles. The summed E-state index contributed by atoms with van der Waals surface area (Å²) >= 11 is 5.99. The molecule has 0 aliphatic rings. The summed E-state index contributed by atoms with van der Waals surface area (Å²) in [5, 5.41) is 0.580. The summed E-state index contributed by atoms with van der Waals surface area (Å²) in [6, 6.07) is 16.9. The van der Waals surface area contributed by atoms with Crippen LogP contribution in [0.1, 0.15) is 6.92 Å². The Bertz CT molecular complexity index is 471. The second-order valence-corrected chi connectivity index (χ2v) is 3.95. The van der Waals surface area contributed by atoms with Crippen molar-refractivity contribution in [2.75, 3.05) is 0 Å². The van der Waals surface area contributed by atoms with Crippen molar-refractivity contribution in [3.63, 3.8) is 0 Å². The van der Waals surface area contributed by atoms with Gasteiger partial charge in [0.25, 0.3) is 0 Å². The molecular weight excluding hydrogens is 236 g/mol. The van der Waals surface area contributed by atoms with Crippen molar-refractivity contribution in [1.29, 1.82) is 0 Å². The van der Waals surface area contributed by atoms with Crippen LogP contribution in [0.15, 0.2) is 54.6 Å². The van der Waals surface area contributed by atoms with Gasteiger partial charge < -0.3 is 9.47 Å². The molecule has 0 fully saturated rings. The molecule has 0 aliphatic heterocycles. The molecule has 0 bridgehead atoms. The van der Waals surface area contributed by atoms with Crippen LogP contribution >= 0.6 is 11.6 Å². The van der Waals surface area contributed by atoms with Gasteiger partial charge in [0.2, 0.25) is 6.29 Å². The molecule has 0 aliphatic carbocycles. The monoisotopic (exact) mass is 248 g/mol. The number of hydrogen-bond acceptors (Lipinski definition) is 2. The van der Waals surface area contributed by atoms with Crippen molar-refractivity contribution in [1.82, 2.24) is 0 Å². The summed E-state index contributed by atoms with van der Waals surface area (Å²) in [7, 11) is 0. The lowest BCUT2D eigenvalue weighted by atomic mass is 10.3. The number of para-hydroxylation sites is 2. The van der Waals surface area contributed by atoms with Crippen molar-refractivity contribution in [2.45, 2.75) is 13.2 Å². The first-order valence-corrected chi connectivity index (χ1v) is 5.76. The average Bonchev–Trinajstić information content (AvgIpc) is 2.33. The molecular formula is C14H13ClO2. The van der Waals surface area contributed by atoms with Crippen LogP contribution in [0.3, 0.4) is 0 Å². The predicted molar refractivity (Wildman–Crippen MR) is 68.6 cm³/mol. The third-order valence-electron chi connectivity index (χ3n) is 2.17. The number of ether oxygens (including phenoxy) is 2. The van der Waals surface area contributed by atoms with Gasteiger partial charge in [-0.2, -0.15) is 0 Å². The Morgan fingerprint density at radius 2 is 1.53 bits per heavy atom. The Balaban J connectivity index is 1.98. The highest BCUT2D eigenvalue weighted by atomic mass is 35.5. The Morgan fingerprint density at radius 3 is 2.24 bits per heavy atom. The van der Waals surface area contributed by atoms with Crippen molar-refractivity contribution >= 4 is 11.6 Å². The van der Waals surface area contributed by atoms with Crippen molar-refractivity contribution in [3.8, 4) is 11.5 Å². The fraction of sp³-hybridized carbons (Fsp3) is 0.143. The molecule has 0 saturated heterocycles. The summed E-state index contributed by atoms with van der Waals surface area (Å²) < 4.78 is 11.2. The van der Waals surface area contributed by atoms with E-state index in [1.54, 1.807) is 6.07 Å². The molecule has 88 valence electrons. The van der Waals surface area contributed by atoms with Gasteiger partial charge in [-0.05, 0) is 24.3 Å². The zero-order valence-corrected chi connectivity index (χ0v) is 10.2. The average molecular weight is 249 g/mol. The van der Waals surface area contributed by atoms with Crippen LogP contribution in [0.2, 0.25) is 5.02 Å². The minimum Gasteiger partial charge on any atom is -0.455 e. The quantitative estimate of drug-likeness (QED) is 0.757. The van der Waals surface area contributed by atoms with Crippen molar-refractivity contribution < 1.29 is 9.47 Å². The van der Waals surface area contributed by atoms with E-state index in [9.17, 15) is 0 Å². The number of benzene rings is 2. The molecule has 2 rings (SSSR count). The second-order valence-electron chi connectivity index (χ2n) is 3.55. The Morgan fingerprint density at radius 1 is 0.882 bits per heavy atom. The van der Waals surface area contributed by atoms with Crippen molar-refractivity contribution in [2.24, 2.45) is 0 Å². The van der Waals surface area contributed by atoms with Gasteiger partial charge in [0.15, 0.2) is 0 Å². The largest absolute Gasteiger partial charge is 0.455 e. The Hall–Kier alpha value is -1.67. The highest BCUT2D eigenvalue weighted by molar-refractivity contribution is 6.32. The van der Waals surface area contributed by atoms with Gasteiger partial charge in [-0.1, -0.05) is 41.9 Å². The van der Waals surface area contributed by atoms with Crippen LogP contribution in [0.5, 0.6) is 11.5 Å². The van der Waals surface area contributed by atoms with Crippen LogP contribution < -0.4 is 9.47 Å². The Labute approximate surface area is 106 Å². The molecule has 2 aromatic rings. The predicted octanol–water partition coefficient (Wildman–Crippen LogP) is 4.14. The van der Waals surface area contributed by atoms with Crippen LogP contribution in [0.25, 0.3) is 0 Å². The summed E-state index contributed by atoms with van der Waals surface area (Å²) in [6.45, 7) is 1.83. The van der Waals surface area contributed by atoms with Crippen LogP contribution in [0, 0.1) is 0 Å². The van der Waals surface area contributed by atoms with E-state index in [1.807, 2.05) is 55.5 Å². The molecule has 0 radical (unpaired) electrons. The third kappa shape index (κ3) is 3.40. The molecule has 0 N–H and O–H groups in total. The number of hydrogen-bond donors (Lipinski definition) is 0. The SMILES string of the molecule is CC(Oc1ccccc1)Oc1ccccc1Cl. The van der Waals surface area contributed by atoms with Gasteiger partial charge in [-0.25, -0.2) is 0 Å². The summed E-state index contributed by atoms with van der Waals surface area (Å²) in [4.78, 5) is 0. The minimum atomic E-state index is -0.391. The van der Waals surface area contributed by atoms with E-state index in [1.165, 1.54) is 0 Å². The van der Waals surface area contributed by atoms with E-state index >= 15 is 0 Å². The van der Waals surface area contributed by atoms with Crippen molar-refractivity contribution in [3.05, 3.63) is 59.6 Å². The van der Waals surface area contributed by atoms with E-state index in [0.29, 0.717) is 10.8 Å². The zero-order valence-electron chi connectivity index (χ0n) is 9.47. The molecule has 0 saturated carbocycles. The Kier molecular flexibility index (Phi) is 3.89. The smallest absolute Gasteiger partial charge is 0.238 e. The molecule has 1 unspecified atom stereocenters. The fourth-order valence-corrected chi connectivity index (χ4v) is 1.61. The minimum absolute atomic E-state index is 0.391. The van der Waals surface area contributed by atoms with E-state index < -0.39 is 6.29 Å². The first-order valence-electron chi connectivity index (χ1n) is 5.38. The third-order valence-corrected chi connectivity index (χ3v) is 2.49. The van der Waals surface area contributed by atoms with Gasteiger partial charge in [-0.15, -0.1) is 0 Å². The topological polar surface area (TPSA) is 18.5 Å². The molecule has 0 heterocycles. The van der Waals surface area contributed by atoms with Gasteiger partial charge in [0.1, 0.15) is 11.5 Å². The summed E-state index contributed by atoms with van der Waals surface area (Å²) in [5.41, 5.74) is 0. The molecule has 1 atom stereocenters. The lowest BCUT2D eigenvalue weighted by Gasteiger charge is -2.17. The molecule has 0 aromatic heterocycles. The molecule has 17 heavy (non-hydrogen) atoms. The summed E-state index contributed by atoms with van der Waals surface area (Å²) in [6.07, 6.45) is -0.391. The molecule has 0 spiro atoms. The van der Waals surface area contributed by atoms with E-state index in [0.717, 1.165) is 5.75 Å². The van der Waals surface area contributed by atoms with E-state index in [4.69, 9.17) is 21.1 Å². The maximum atomic E-state index is 5.99. The zero-order chi connectivity index (χ0) is 12.1. The van der Waals surface area contributed by atoms with Gasteiger partial charge in [0, 0.05) is 6.92 Å². The van der Waals surface area contributed by atoms with Gasteiger partial charge in [-0.3, -0.25) is 0 Å². The van der Waals surface area contributed by atoms with E-state index in [2.05, 4.69) is 0 Å². The number of halogens is 1. The lowest BCUT2D eigenvalue weighted by molar-refractivity contribution is 0.0224. The first-order chi connectivity index (χ1) is 8.25. The van der Waals surface area contributed by atoms with Crippen LogP contribution in [0.4, 0.5) is 0 Å². The molecule has 3 heteroatoms. The maximum absolute atomic E-state index is 5.99. The van der Waals surface area contributed by atoms with Gasteiger partial charge >= 0.3 is 0 Å². The van der Waals surface area contributed by atoms with Crippen LogP contribution in [-0.2, 0) is 0 Å². The standard InChI is InChI=1S/C14H13ClO2/c1-11(16-12-7-3-2-4-8-12)17-14-10-6-5-9-13(14)15/h2-11H,1H3. The summed E-state index contributed by atoms with van der Waals surface area (Å²) in [5.74, 6) is 1.39. The maximum Gasteiger partial charge on any atom is 0.238 e. The van der Waals surface area contributed by atoms with Gasteiger partial charge in [0.05, 0.1) is 5.02 Å². The second kappa shape index (κ2) is 5.60. The molecule has 2 nitrogen and oxygen atoms in total.